The van der Waals surface area contributed by atoms with Gasteiger partial charge in [-0.15, -0.1) is 0 Å². The highest BCUT2D eigenvalue weighted by atomic mass is 16.4. The Balaban J connectivity index is 2.09. The van der Waals surface area contributed by atoms with E-state index in [-0.39, 0.29) is 11.7 Å². The second kappa shape index (κ2) is 5.17. The number of urea groups is 1. The number of hydrogen-bond donors (Lipinski definition) is 3. The van der Waals surface area contributed by atoms with E-state index in [9.17, 15) is 9.59 Å². The number of nitrogens with zero attached hydrogens (tertiary/aromatic N) is 1. The van der Waals surface area contributed by atoms with Crippen molar-refractivity contribution in [3.8, 4) is 0 Å². The first kappa shape index (κ1) is 13.2. The summed E-state index contributed by atoms with van der Waals surface area (Å²) in [7, 11) is 0. The van der Waals surface area contributed by atoms with Crippen molar-refractivity contribution in [1.29, 1.82) is 0 Å². The second-order valence-corrected chi connectivity index (χ2v) is 4.72. The Morgan fingerprint density at radius 2 is 2.16 bits per heavy atom. The molecule has 0 spiro atoms. The first-order valence-corrected chi connectivity index (χ1v) is 6.12. The van der Waals surface area contributed by atoms with Crippen LogP contribution >= 0.6 is 0 Å². The van der Waals surface area contributed by atoms with Crippen molar-refractivity contribution in [2.24, 2.45) is 0 Å². The number of rotatable bonds is 2. The number of carboxylic acids is 1. The predicted octanol–water partition coefficient (Wildman–Crippen LogP) is 2.21. The molecule has 2 heterocycles. The van der Waals surface area contributed by atoms with Gasteiger partial charge < -0.3 is 20.3 Å². The fraction of sp³-hybridized carbons (Fsp3) is 0.385. The lowest BCUT2D eigenvalue weighted by Gasteiger charge is -2.25. The minimum atomic E-state index is -1.09. The van der Waals surface area contributed by atoms with Crippen molar-refractivity contribution in [2.45, 2.75) is 20.3 Å². The maximum Gasteiger partial charge on any atom is 0.354 e. The number of carbonyl (C=O) groups is 2. The molecule has 2 amide bonds. The van der Waals surface area contributed by atoms with E-state index in [2.05, 4.69) is 10.3 Å². The monoisotopic (exact) mass is 263 g/mol. The van der Waals surface area contributed by atoms with Crippen LogP contribution in [0.15, 0.2) is 17.7 Å². The van der Waals surface area contributed by atoms with Crippen molar-refractivity contribution in [3.05, 3.63) is 29.1 Å². The third kappa shape index (κ3) is 2.96. The summed E-state index contributed by atoms with van der Waals surface area (Å²) >= 11 is 0. The standard InChI is InChI=1S/C13H17N3O3/c1-8-3-5-16(6-4-8)13(19)15-10-7-9(2)14-11(10)12(17)18/h3,7,14H,4-6H2,1-2H3,(H,15,19)(H,17,18). The summed E-state index contributed by atoms with van der Waals surface area (Å²) in [6.07, 6.45) is 2.86. The largest absolute Gasteiger partial charge is 0.477 e. The SMILES string of the molecule is CC1=CCN(C(=O)Nc2cc(C)[nH]c2C(=O)O)CC1. The van der Waals surface area contributed by atoms with Gasteiger partial charge in [0.25, 0.3) is 0 Å². The van der Waals surface area contributed by atoms with E-state index in [1.165, 1.54) is 5.57 Å². The number of H-pyrrole nitrogens is 1. The number of aromatic nitrogens is 1. The topological polar surface area (TPSA) is 85.4 Å². The molecule has 102 valence electrons. The van der Waals surface area contributed by atoms with Gasteiger partial charge in [0.15, 0.2) is 0 Å². The lowest BCUT2D eigenvalue weighted by atomic mass is 10.1. The molecule has 0 saturated heterocycles. The van der Waals surface area contributed by atoms with Gasteiger partial charge in [-0.05, 0) is 26.3 Å². The van der Waals surface area contributed by atoms with Gasteiger partial charge in [-0.3, -0.25) is 0 Å². The molecule has 0 saturated carbocycles. The number of aromatic amines is 1. The molecule has 0 fully saturated rings. The normalized spacial score (nSPS) is 15.1. The highest BCUT2D eigenvalue weighted by Gasteiger charge is 2.19. The second-order valence-electron chi connectivity index (χ2n) is 4.72. The van der Waals surface area contributed by atoms with Crippen LogP contribution < -0.4 is 5.32 Å². The molecule has 0 radical (unpaired) electrons. The molecule has 1 aliphatic rings. The third-order valence-corrected chi connectivity index (χ3v) is 3.13. The Morgan fingerprint density at radius 1 is 1.42 bits per heavy atom. The van der Waals surface area contributed by atoms with Crippen LogP contribution in [0, 0.1) is 6.92 Å². The van der Waals surface area contributed by atoms with Crippen molar-refractivity contribution in [2.75, 3.05) is 18.4 Å². The summed E-state index contributed by atoms with van der Waals surface area (Å²) in [5.41, 5.74) is 2.28. The number of carbonyl (C=O) groups excluding carboxylic acids is 1. The maximum absolute atomic E-state index is 12.0. The average molecular weight is 263 g/mol. The molecule has 6 nitrogen and oxygen atoms in total. The number of amides is 2. The van der Waals surface area contributed by atoms with Crippen LogP contribution in [0.3, 0.4) is 0 Å². The molecule has 2 rings (SSSR count). The number of nitrogens with one attached hydrogen (secondary N) is 2. The van der Waals surface area contributed by atoms with Gasteiger partial charge in [-0.2, -0.15) is 0 Å². The van der Waals surface area contributed by atoms with Crippen LogP contribution in [-0.2, 0) is 0 Å². The molecular weight excluding hydrogens is 246 g/mol. The molecular formula is C13H17N3O3. The molecule has 0 atom stereocenters. The smallest absolute Gasteiger partial charge is 0.354 e. The zero-order valence-electron chi connectivity index (χ0n) is 11.0. The summed E-state index contributed by atoms with van der Waals surface area (Å²) in [6, 6.07) is 1.34. The van der Waals surface area contributed by atoms with Crippen LogP contribution in [-0.4, -0.2) is 40.1 Å². The summed E-state index contributed by atoms with van der Waals surface area (Å²) in [4.78, 5) is 27.4. The maximum atomic E-state index is 12.0. The Labute approximate surface area is 111 Å². The zero-order chi connectivity index (χ0) is 14.0. The molecule has 0 aliphatic carbocycles. The van der Waals surface area contributed by atoms with Gasteiger partial charge in [0, 0.05) is 18.8 Å². The van der Waals surface area contributed by atoms with E-state index < -0.39 is 5.97 Å². The number of carboxylic acid groups (broad SMARTS) is 1. The molecule has 3 N–H and O–H groups in total. The van der Waals surface area contributed by atoms with E-state index in [0.717, 1.165) is 6.42 Å². The van der Waals surface area contributed by atoms with Gasteiger partial charge in [0.2, 0.25) is 0 Å². The summed E-state index contributed by atoms with van der Waals surface area (Å²) < 4.78 is 0. The van der Waals surface area contributed by atoms with Crippen LogP contribution in [0.4, 0.5) is 10.5 Å². The minimum absolute atomic E-state index is 0.00887. The van der Waals surface area contributed by atoms with E-state index in [4.69, 9.17) is 5.11 Å². The van der Waals surface area contributed by atoms with Crippen molar-refractivity contribution in [1.82, 2.24) is 9.88 Å². The van der Waals surface area contributed by atoms with Gasteiger partial charge in [-0.25, -0.2) is 9.59 Å². The lowest BCUT2D eigenvalue weighted by Crippen LogP contribution is -2.38. The first-order chi connectivity index (χ1) is 8.97. The molecule has 0 aromatic carbocycles. The van der Waals surface area contributed by atoms with Gasteiger partial charge in [0.1, 0.15) is 5.69 Å². The highest BCUT2D eigenvalue weighted by molar-refractivity contribution is 5.99. The summed E-state index contributed by atoms with van der Waals surface area (Å²) in [5, 5.41) is 11.7. The number of aryl methyl sites for hydroxylation is 1. The minimum Gasteiger partial charge on any atom is -0.477 e. The Kier molecular flexibility index (Phi) is 3.59. The molecule has 1 aromatic heterocycles. The van der Waals surface area contributed by atoms with E-state index in [1.54, 1.807) is 17.9 Å². The lowest BCUT2D eigenvalue weighted by molar-refractivity contribution is 0.0692. The molecule has 1 aromatic rings. The first-order valence-electron chi connectivity index (χ1n) is 6.12. The molecule has 19 heavy (non-hydrogen) atoms. The Morgan fingerprint density at radius 3 is 2.74 bits per heavy atom. The fourth-order valence-electron chi connectivity index (χ4n) is 2.01. The summed E-state index contributed by atoms with van der Waals surface area (Å²) in [5.74, 6) is -1.09. The van der Waals surface area contributed by atoms with Crippen molar-refractivity contribution < 1.29 is 14.7 Å². The Bertz CT molecular complexity index is 545. The predicted molar refractivity (Wildman–Crippen MR) is 71.5 cm³/mol. The third-order valence-electron chi connectivity index (χ3n) is 3.13. The zero-order valence-corrected chi connectivity index (χ0v) is 11.0. The molecule has 6 heteroatoms. The van der Waals surface area contributed by atoms with Crippen LogP contribution in [0.2, 0.25) is 0 Å². The number of anilines is 1. The quantitative estimate of drug-likeness (QED) is 0.715. The van der Waals surface area contributed by atoms with E-state index in [0.29, 0.717) is 24.5 Å². The molecule has 0 unspecified atom stereocenters. The van der Waals surface area contributed by atoms with Crippen molar-refractivity contribution in [3.63, 3.8) is 0 Å². The van der Waals surface area contributed by atoms with Crippen LogP contribution in [0.5, 0.6) is 0 Å². The van der Waals surface area contributed by atoms with Gasteiger partial charge in [0.05, 0.1) is 5.69 Å². The molecule has 1 aliphatic heterocycles. The number of aromatic carboxylic acids is 1. The average Bonchev–Trinajstić information content (AvgIpc) is 2.71. The molecule has 0 bridgehead atoms. The summed E-state index contributed by atoms with van der Waals surface area (Å²) in [6.45, 7) is 4.99. The van der Waals surface area contributed by atoms with Gasteiger partial charge in [-0.1, -0.05) is 11.6 Å². The number of hydrogen-bond acceptors (Lipinski definition) is 2. The fourth-order valence-corrected chi connectivity index (χ4v) is 2.01. The van der Waals surface area contributed by atoms with Crippen LogP contribution in [0.1, 0.15) is 29.5 Å². The van der Waals surface area contributed by atoms with E-state index in [1.807, 2.05) is 13.0 Å². The van der Waals surface area contributed by atoms with Crippen LogP contribution in [0.25, 0.3) is 0 Å². The Hall–Kier alpha value is -2.24. The highest BCUT2D eigenvalue weighted by Crippen LogP contribution is 2.18. The van der Waals surface area contributed by atoms with Gasteiger partial charge >= 0.3 is 12.0 Å². The van der Waals surface area contributed by atoms with Crippen molar-refractivity contribution >= 4 is 17.7 Å². The van der Waals surface area contributed by atoms with E-state index >= 15 is 0 Å².